The zero-order valence-electron chi connectivity index (χ0n) is 11.5. The molecule has 0 radical (unpaired) electrons. The molecule has 0 aliphatic carbocycles. The minimum atomic E-state index is -4.51. The van der Waals surface area contributed by atoms with E-state index in [4.69, 9.17) is 5.26 Å². The van der Waals surface area contributed by atoms with E-state index in [1.165, 1.54) is 6.07 Å². The molecule has 3 nitrogen and oxygen atoms in total. The zero-order chi connectivity index (χ0) is 15.3. The van der Waals surface area contributed by atoms with Crippen LogP contribution in [0.15, 0.2) is 12.1 Å². The third kappa shape index (κ3) is 3.79. The van der Waals surface area contributed by atoms with Crippen LogP contribution in [-0.4, -0.2) is 30.1 Å². The molecule has 1 heterocycles. The van der Waals surface area contributed by atoms with Gasteiger partial charge in [-0.15, -0.1) is 0 Å². The van der Waals surface area contributed by atoms with Gasteiger partial charge in [0, 0.05) is 18.8 Å². The fourth-order valence-electron chi connectivity index (χ4n) is 1.83. The molecule has 0 aliphatic heterocycles. The number of anilines is 1. The molecular formula is C13H16F3N3S. The molecule has 0 saturated carbocycles. The first-order chi connectivity index (χ1) is 9.35. The number of nitriles is 1. The molecule has 1 aromatic heterocycles. The van der Waals surface area contributed by atoms with Gasteiger partial charge in [-0.1, -0.05) is 6.92 Å². The highest BCUT2D eigenvalue weighted by Crippen LogP contribution is 2.31. The molecule has 1 unspecified atom stereocenters. The van der Waals surface area contributed by atoms with Crippen molar-refractivity contribution in [2.45, 2.75) is 25.6 Å². The summed E-state index contributed by atoms with van der Waals surface area (Å²) in [7, 11) is 1.67. The van der Waals surface area contributed by atoms with Gasteiger partial charge in [-0.25, -0.2) is 4.98 Å². The summed E-state index contributed by atoms with van der Waals surface area (Å²) < 4.78 is 38.2. The molecule has 1 aromatic rings. The molecule has 0 spiro atoms. The largest absolute Gasteiger partial charge is 0.433 e. The van der Waals surface area contributed by atoms with Gasteiger partial charge in [0.1, 0.15) is 17.6 Å². The van der Waals surface area contributed by atoms with Gasteiger partial charge in [0.05, 0.1) is 5.56 Å². The van der Waals surface area contributed by atoms with Gasteiger partial charge in [0.25, 0.3) is 0 Å². The molecule has 1 atom stereocenters. The van der Waals surface area contributed by atoms with E-state index in [-0.39, 0.29) is 17.4 Å². The van der Waals surface area contributed by atoms with Crippen LogP contribution in [0.1, 0.15) is 24.6 Å². The van der Waals surface area contributed by atoms with Crippen molar-refractivity contribution in [3.05, 3.63) is 23.4 Å². The van der Waals surface area contributed by atoms with Crippen LogP contribution < -0.4 is 4.90 Å². The van der Waals surface area contributed by atoms with Crippen LogP contribution in [0.4, 0.5) is 19.0 Å². The minimum Gasteiger partial charge on any atom is -0.355 e. The standard InChI is InChI=1S/C13H16F3N3S/c1-4-10(8-20-3)19(2)12-9(7-17)5-6-11(18-12)13(14,15)16/h5-6,10H,4,8H2,1-3H3. The number of aromatic nitrogens is 1. The number of hydrogen-bond acceptors (Lipinski definition) is 4. The average molecular weight is 303 g/mol. The Morgan fingerprint density at radius 1 is 1.45 bits per heavy atom. The lowest BCUT2D eigenvalue weighted by atomic mass is 10.2. The number of alkyl halides is 3. The smallest absolute Gasteiger partial charge is 0.355 e. The van der Waals surface area contributed by atoms with E-state index in [1.54, 1.807) is 23.7 Å². The molecule has 0 N–H and O–H groups in total. The second-order valence-electron chi connectivity index (χ2n) is 4.31. The lowest BCUT2D eigenvalue weighted by molar-refractivity contribution is -0.141. The summed E-state index contributed by atoms with van der Waals surface area (Å²) in [5, 5.41) is 9.04. The fourth-order valence-corrected chi connectivity index (χ4v) is 2.68. The summed E-state index contributed by atoms with van der Waals surface area (Å²) >= 11 is 1.61. The zero-order valence-corrected chi connectivity index (χ0v) is 12.3. The molecular weight excluding hydrogens is 287 g/mol. The van der Waals surface area contributed by atoms with E-state index in [0.29, 0.717) is 0 Å². The van der Waals surface area contributed by atoms with Gasteiger partial charge < -0.3 is 4.90 Å². The van der Waals surface area contributed by atoms with Crippen molar-refractivity contribution in [2.24, 2.45) is 0 Å². The van der Waals surface area contributed by atoms with E-state index in [2.05, 4.69) is 4.98 Å². The number of thioether (sulfide) groups is 1. The Balaban J connectivity index is 3.23. The quantitative estimate of drug-likeness (QED) is 0.834. The summed E-state index contributed by atoms with van der Waals surface area (Å²) in [4.78, 5) is 5.29. The molecule has 0 aromatic carbocycles. The van der Waals surface area contributed by atoms with Crippen molar-refractivity contribution in [1.29, 1.82) is 5.26 Å². The summed E-state index contributed by atoms with van der Waals surface area (Å²) in [6, 6.07) is 3.95. The Kier molecular flexibility index (Phi) is 5.69. The van der Waals surface area contributed by atoms with Crippen molar-refractivity contribution in [1.82, 2.24) is 4.98 Å². The van der Waals surface area contributed by atoms with Gasteiger partial charge in [0.15, 0.2) is 0 Å². The number of hydrogen-bond donors (Lipinski definition) is 0. The Bertz CT molecular complexity index is 497. The van der Waals surface area contributed by atoms with E-state index in [9.17, 15) is 13.2 Å². The van der Waals surface area contributed by atoms with Crippen molar-refractivity contribution in [3.63, 3.8) is 0 Å². The Hall–Kier alpha value is -1.42. The van der Waals surface area contributed by atoms with E-state index < -0.39 is 11.9 Å². The Morgan fingerprint density at radius 2 is 2.10 bits per heavy atom. The third-order valence-electron chi connectivity index (χ3n) is 3.00. The summed E-state index contributed by atoms with van der Waals surface area (Å²) in [5.41, 5.74) is -0.822. The molecule has 0 aliphatic rings. The molecule has 110 valence electrons. The summed E-state index contributed by atoms with van der Waals surface area (Å²) in [5.74, 6) is 0.846. The van der Waals surface area contributed by atoms with Crippen LogP contribution in [0.2, 0.25) is 0 Å². The molecule has 20 heavy (non-hydrogen) atoms. The van der Waals surface area contributed by atoms with Gasteiger partial charge >= 0.3 is 6.18 Å². The maximum atomic E-state index is 12.7. The van der Waals surface area contributed by atoms with Crippen LogP contribution in [0.3, 0.4) is 0 Å². The van der Waals surface area contributed by atoms with Crippen molar-refractivity contribution in [3.8, 4) is 6.07 Å². The maximum Gasteiger partial charge on any atom is 0.433 e. The normalized spacial score (nSPS) is 12.8. The molecule has 0 bridgehead atoms. The second-order valence-corrected chi connectivity index (χ2v) is 5.22. The van der Waals surface area contributed by atoms with Crippen LogP contribution in [0.25, 0.3) is 0 Å². The van der Waals surface area contributed by atoms with Gasteiger partial charge in [0.2, 0.25) is 0 Å². The van der Waals surface area contributed by atoms with Gasteiger partial charge in [-0.05, 0) is 24.8 Å². The van der Waals surface area contributed by atoms with Crippen molar-refractivity contribution >= 4 is 17.6 Å². The third-order valence-corrected chi connectivity index (χ3v) is 3.72. The summed E-state index contributed by atoms with van der Waals surface area (Å²) in [6.45, 7) is 1.96. The van der Waals surface area contributed by atoms with E-state index >= 15 is 0 Å². The van der Waals surface area contributed by atoms with Gasteiger partial charge in [-0.2, -0.15) is 30.2 Å². The second kappa shape index (κ2) is 6.84. The first-order valence-corrected chi connectivity index (χ1v) is 7.44. The summed E-state index contributed by atoms with van der Waals surface area (Å²) in [6.07, 6.45) is -1.81. The number of pyridine rings is 1. The first-order valence-electron chi connectivity index (χ1n) is 6.05. The SMILES string of the molecule is CCC(CSC)N(C)c1nc(C(F)(F)F)ccc1C#N. The Labute approximate surface area is 120 Å². The van der Waals surface area contributed by atoms with Crippen molar-refractivity contribution in [2.75, 3.05) is 24.0 Å². The molecule has 0 fully saturated rings. The highest BCUT2D eigenvalue weighted by atomic mass is 32.2. The topological polar surface area (TPSA) is 39.9 Å². The number of rotatable bonds is 5. The monoisotopic (exact) mass is 303 g/mol. The van der Waals surface area contributed by atoms with Crippen LogP contribution in [0.5, 0.6) is 0 Å². The highest BCUT2D eigenvalue weighted by molar-refractivity contribution is 7.98. The predicted octanol–water partition coefficient (Wildman–Crippen LogP) is 3.55. The fraction of sp³-hybridized carbons (Fsp3) is 0.538. The number of halogens is 3. The first kappa shape index (κ1) is 16.6. The average Bonchev–Trinajstić information content (AvgIpc) is 2.42. The highest BCUT2D eigenvalue weighted by Gasteiger charge is 2.33. The van der Waals surface area contributed by atoms with Crippen LogP contribution >= 0.6 is 11.8 Å². The molecule has 0 saturated heterocycles. The number of nitrogens with zero attached hydrogens (tertiary/aromatic N) is 3. The van der Waals surface area contributed by atoms with Crippen LogP contribution in [-0.2, 0) is 6.18 Å². The molecule has 7 heteroatoms. The predicted molar refractivity (Wildman–Crippen MR) is 74.8 cm³/mol. The lowest BCUT2D eigenvalue weighted by Gasteiger charge is -2.28. The molecule has 0 amide bonds. The van der Waals surface area contributed by atoms with E-state index in [1.807, 2.05) is 19.2 Å². The van der Waals surface area contributed by atoms with Crippen molar-refractivity contribution < 1.29 is 13.2 Å². The van der Waals surface area contributed by atoms with Crippen LogP contribution in [0, 0.1) is 11.3 Å². The van der Waals surface area contributed by atoms with E-state index in [0.717, 1.165) is 18.2 Å². The minimum absolute atomic E-state index is 0.0353. The van der Waals surface area contributed by atoms with Gasteiger partial charge in [-0.3, -0.25) is 0 Å². The lowest BCUT2D eigenvalue weighted by Crippen LogP contribution is -2.34. The Morgan fingerprint density at radius 3 is 2.55 bits per heavy atom. The maximum absolute atomic E-state index is 12.7. The molecule has 1 rings (SSSR count).